The molecular weight excluding hydrogens is 190 g/mol. The molecular formula is C11H11N3O. The van der Waals surface area contributed by atoms with Gasteiger partial charge in [-0.15, -0.1) is 0 Å². The van der Waals surface area contributed by atoms with Gasteiger partial charge in [0.15, 0.2) is 0 Å². The molecule has 4 heteroatoms. The van der Waals surface area contributed by atoms with Crippen molar-refractivity contribution in [2.45, 2.75) is 19.9 Å². The number of aliphatic imine (C=N–C) groups is 1. The standard InChI is InChI=1S/C11H11N3O/c1-6-3-4-8(5-12)9-10(6)13-7(2)14-11(9)15/h3-4,6,10H,1-2H3,(H,13,14,15). The molecule has 1 amide bonds. The Morgan fingerprint density at radius 3 is 3.00 bits per heavy atom. The lowest BCUT2D eigenvalue weighted by Gasteiger charge is -2.28. The van der Waals surface area contributed by atoms with E-state index in [9.17, 15) is 4.79 Å². The Bertz CT molecular complexity index is 451. The number of nitriles is 1. The van der Waals surface area contributed by atoms with Crippen LogP contribution >= 0.6 is 0 Å². The number of hydrogen-bond donors (Lipinski definition) is 1. The molecule has 0 radical (unpaired) electrons. The summed E-state index contributed by atoms with van der Waals surface area (Å²) >= 11 is 0. The van der Waals surface area contributed by atoms with Crippen LogP contribution in [0.25, 0.3) is 0 Å². The second-order valence-electron chi connectivity index (χ2n) is 3.77. The summed E-state index contributed by atoms with van der Waals surface area (Å²) in [7, 11) is 0. The van der Waals surface area contributed by atoms with Crippen LogP contribution in [0.2, 0.25) is 0 Å². The van der Waals surface area contributed by atoms with E-state index in [2.05, 4.69) is 10.3 Å². The van der Waals surface area contributed by atoms with Crippen LogP contribution in [0.3, 0.4) is 0 Å². The highest BCUT2D eigenvalue weighted by Crippen LogP contribution is 2.28. The van der Waals surface area contributed by atoms with Gasteiger partial charge in [0, 0.05) is 5.92 Å². The average molecular weight is 201 g/mol. The lowest BCUT2D eigenvalue weighted by atomic mass is 9.85. The summed E-state index contributed by atoms with van der Waals surface area (Å²) in [5.41, 5.74) is 0.921. The minimum Gasteiger partial charge on any atom is -0.311 e. The van der Waals surface area contributed by atoms with E-state index in [-0.39, 0.29) is 17.9 Å². The fourth-order valence-corrected chi connectivity index (χ4v) is 1.87. The zero-order valence-corrected chi connectivity index (χ0v) is 8.61. The molecule has 1 aliphatic carbocycles. The number of amides is 1. The van der Waals surface area contributed by atoms with E-state index in [1.165, 1.54) is 0 Å². The third-order valence-electron chi connectivity index (χ3n) is 2.64. The molecule has 0 aromatic rings. The largest absolute Gasteiger partial charge is 0.311 e. The monoisotopic (exact) mass is 201 g/mol. The molecule has 0 aromatic carbocycles. The van der Waals surface area contributed by atoms with Gasteiger partial charge in [-0.2, -0.15) is 5.26 Å². The lowest BCUT2D eigenvalue weighted by molar-refractivity contribution is -0.116. The number of nitrogens with one attached hydrogen (secondary N) is 1. The normalized spacial score (nSPS) is 29.1. The maximum absolute atomic E-state index is 11.7. The number of allylic oxidation sites excluding steroid dienone is 2. The van der Waals surface area contributed by atoms with Crippen LogP contribution < -0.4 is 5.32 Å². The molecule has 0 spiro atoms. The highest BCUT2D eigenvalue weighted by molar-refractivity contribution is 6.09. The predicted molar refractivity (Wildman–Crippen MR) is 56.0 cm³/mol. The first-order chi connectivity index (χ1) is 7.13. The van der Waals surface area contributed by atoms with Crippen molar-refractivity contribution in [2.24, 2.45) is 10.9 Å². The van der Waals surface area contributed by atoms with E-state index in [4.69, 9.17) is 5.26 Å². The van der Waals surface area contributed by atoms with Crippen LogP contribution in [0.4, 0.5) is 0 Å². The van der Waals surface area contributed by atoms with E-state index in [0.717, 1.165) is 0 Å². The molecule has 2 atom stereocenters. The molecule has 0 saturated heterocycles. The predicted octanol–water partition coefficient (Wildman–Crippen LogP) is 0.929. The summed E-state index contributed by atoms with van der Waals surface area (Å²) < 4.78 is 0. The highest BCUT2D eigenvalue weighted by Gasteiger charge is 2.33. The molecule has 0 aromatic heterocycles. The smallest absolute Gasteiger partial charge is 0.256 e. The number of fused-ring (bicyclic) bond motifs is 1. The van der Waals surface area contributed by atoms with E-state index < -0.39 is 0 Å². The first-order valence-corrected chi connectivity index (χ1v) is 4.81. The van der Waals surface area contributed by atoms with Crippen LogP contribution in [0.15, 0.2) is 28.3 Å². The first-order valence-electron chi connectivity index (χ1n) is 4.81. The SMILES string of the molecule is CC1=NC2C(=C(C#N)C=CC2C)C(=O)N1. The van der Waals surface area contributed by atoms with E-state index in [1.807, 2.05) is 19.1 Å². The van der Waals surface area contributed by atoms with Gasteiger partial charge in [0.05, 0.1) is 23.3 Å². The van der Waals surface area contributed by atoms with Crippen molar-refractivity contribution in [3.05, 3.63) is 23.3 Å². The van der Waals surface area contributed by atoms with Crippen molar-refractivity contribution < 1.29 is 4.79 Å². The van der Waals surface area contributed by atoms with Crippen molar-refractivity contribution in [3.8, 4) is 6.07 Å². The average Bonchev–Trinajstić information content (AvgIpc) is 2.19. The molecule has 1 aliphatic heterocycles. The Morgan fingerprint density at radius 1 is 1.60 bits per heavy atom. The van der Waals surface area contributed by atoms with Crippen molar-refractivity contribution >= 4 is 11.7 Å². The second kappa shape index (κ2) is 3.35. The van der Waals surface area contributed by atoms with Gasteiger partial charge in [-0.25, -0.2) is 0 Å². The number of carbonyl (C=O) groups is 1. The topological polar surface area (TPSA) is 65.2 Å². The van der Waals surface area contributed by atoms with Crippen LogP contribution in [0, 0.1) is 17.2 Å². The number of nitrogens with zero attached hydrogens (tertiary/aromatic N) is 2. The Hall–Kier alpha value is -1.89. The van der Waals surface area contributed by atoms with Crippen LogP contribution in [-0.4, -0.2) is 17.8 Å². The van der Waals surface area contributed by atoms with Gasteiger partial charge < -0.3 is 5.32 Å². The van der Waals surface area contributed by atoms with Crippen LogP contribution in [0.5, 0.6) is 0 Å². The molecule has 2 rings (SSSR count). The van der Waals surface area contributed by atoms with Gasteiger partial charge in [0.25, 0.3) is 5.91 Å². The maximum Gasteiger partial charge on any atom is 0.256 e. The van der Waals surface area contributed by atoms with E-state index in [1.54, 1.807) is 13.0 Å². The molecule has 2 unspecified atom stereocenters. The molecule has 0 bridgehead atoms. The molecule has 15 heavy (non-hydrogen) atoms. The fourth-order valence-electron chi connectivity index (χ4n) is 1.87. The zero-order valence-electron chi connectivity index (χ0n) is 8.61. The summed E-state index contributed by atoms with van der Waals surface area (Å²) in [4.78, 5) is 16.1. The van der Waals surface area contributed by atoms with Gasteiger partial charge in [0.2, 0.25) is 0 Å². The van der Waals surface area contributed by atoms with E-state index in [0.29, 0.717) is 17.0 Å². The first kappa shape index (κ1) is 9.66. The van der Waals surface area contributed by atoms with Crippen LogP contribution in [-0.2, 0) is 4.79 Å². The van der Waals surface area contributed by atoms with Gasteiger partial charge in [-0.3, -0.25) is 9.79 Å². The van der Waals surface area contributed by atoms with E-state index >= 15 is 0 Å². The Labute approximate surface area is 88.0 Å². The van der Waals surface area contributed by atoms with Gasteiger partial charge in [0.1, 0.15) is 5.84 Å². The molecule has 0 saturated carbocycles. The number of hydrogen-bond acceptors (Lipinski definition) is 3. The summed E-state index contributed by atoms with van der Waals surface area (Å²) in [6.45, 7) is 3.75. The zero-order chi connectivity index (χ0) is 11.0. The molecule has 4 nitrogen and oxygen atoms in total. The van der Waals surface area contributed by atoms with Gasteiger partial charge >= 0.3 is 0 Å². The number of amidine groups is 1. The molecule has 1 heterocycles. The molecule has 76 valence electrons. The number of rotatable bonds is 0. The van der Waals surface area contributed by atoms with Crippen molar-refractivity contribution in [1.82, 2.24) is 5.32 Å². The quantitative estimate of drug-likeness (QED) is 0.633. The van der Waals surface area contributed by atoms with Crippen molar-refractivity contribution in [2.75, 3.05) is 0 Å². The Kier molecular flexibility index (Phi) is 2.16. The summed E-state index contributed by atoms with van der Waals surface area (Å²) in [6.07, 6.45) is 3.62. The third kappa shape index (κ3) is 1.46. The van der Waals surface area contributed by atoms with Gasteiger partial charge in [-0.05, 0) is 13.0 Å². The van der Waals surface area contributed by atoms with Crippen molar-refractivity contribution in [3.63, 3.8) is 0 Å². The Morgan fingerprint density at radius 2 is 2.33 bits per heavy atom. The van der Waals surface area contributed by atoms with Gasteiger partial charge in [-0.1, -0.05) is 13.0 Å². The molecule has 2 aliphatic rings. The van der Waals surface area contributed by atoms with Crippen molar-refractivity contribution in [1.29, 1.82) is 5.26 Å². The number of carbonyl (C=O) groups excluding carboxylic acids is 1. The van der Waals surface area contributed by atoms with Crippen LogP contribution in [0.1, 0.15) is 13.8 Å². The summed E-state index contributed by atoms with van der Waals surface area (Å²) in [6, 6.07) is 1.84. The lowest BCUT2D eigenvalue weighted by Crippen LogP contribution is -2.42. The second-order valence-corrected chi connectivity index (χ2v) is 3.77. The minimum atomic E-state index is -0.196. The minimum absolute atomic E-state index is 0.165. The summed E-state index contributed by atoms with van der Waals surface area (Å²) in [5, 5.41) is 11.5. The third-order valence-corrected chi connectivity index (χ3v) is 2.64. The highest BCUT2D eigenvalue weighted by atomic mass is 16.2. The Balaban J connectivity index is 2.57. The molecule has 1 N–H and O–H groups in total. The molecule has 0 fully saturated rings. The maximum atomic E-state index is 11.7. The fraction of sp³-hybridized carbons (Fsp3) is 0.364. The summed E-state index contributed by atoms with van der Waals surface area (Å²) in [5.74, 6) is 0.589.